The number of hydrogen-bond donors (Lipinski definition) is 1. The second-order valence-corrected chi connectivity index (χ2v) is 6.38. The Morgan fingerprint density at radius 2 is 1.69 bits per heavy atom. The first-order valence-electron chi connectivity index (χ1n) is 7.78. The van der Waals surface area contributed by atoms with Crippen LogP contribution >= 0.6 is 11.6 Å². The van der Waals surface area contributed by atoms with Crippen molar-refractivity contribution in [3.05, 3.63) is 59.1 Å². The summed E-state index contributed by atoms with van der Waals surface area (Å²) in [5.41, 5.74) is 0.106. The maximum Gasteiger partial charge on any atom is 0.416 e. The minimum absolute atomic E-state index is 0.000442. The second-order valence-electron chi connectivity index (χ2n) is 5.95. The largest absolute Gasteiger partial charge is 0.416 e. The Balaban J connectivity index is 1.68. The van der Waals surface area contributed by atoms with Crippen LogP contribution in [0.3, 0.4) is 0 Å². The molecule has 1 aliphatic heterocycles. The minimum atomic E-state index is -4.44. The van der Waals surface area contributed by atoms with Gasteiger partial charge in [-0.05, 0) is 48.5 Å². The third-order valence-electron chi connectivity index (χ3n) is 4.11. The Morgan fingerprint density at radius 1 is 1.08 bits per heavy atom. The fraction of sp³-hybridized carbons (Fsp3) is 0.222. The van der Waals surface area contributed by atoms with Gasteiger partial charge in [0.1, 0.15) is 0 Å². The van der Waals surface area contributed by atoms with Crippen molar-refractivity contribution >= 4 is 34.8 Å². The van der Waals surface area contributed by atoms with Crippen LogP contribution in [0.15, 0.2) is 48.5 Å². The van der Waals surface area contributed by atoms with Crippen LogP contribution in [-0.4, -0.2) is 18.4 Å². The molecule has 0 aliphatic carbocycles. The zero-order chi connectivity index (χ0) is 18.9. The van der Waals surface area contributed by atoms with Crippen LogP contribution in [0.1, 0.15) is 12.0 Å². The molecule has 1 atom stereocenters. The summed E-state index contributed by atoms with van der Waals surface area (Å²) in [6.45, 7) is 0.115. The summed E-state index contributed by atoms with van der Waals surface area (Å²) in [5, 5.41) is 3.24. The number of hydrogen-bond acceptors (Lipinski definition) is 2. The van der Waals surface area contributed by atoms with Gasteiger partial charge in [-0.25, -0.2) is 0 Å². The molecule has 2 amide bonds. The van der Waals surface area contributed by atoms with Crippen LogP contribution in [0, 0.1) is 5.92 Å². The van der Waals surface area contributed by atoms with Gasteiger partial charge in [-0.2, -0.15) is 13.2 Å². The SMILES string of the molecule is O=C(Nc1ccc(Cl)cc1)C1CC(=O)N(c2ccc(C(F)(F)F)cc2)C1. The third kappa shape index (κ3) is 3.99. The molecule has 0 radical (unpaired) electrons. The van der Waals surface area contributed by atoms with E-state index in [0.29, 0.717) is 16.4 Å². The zero-order valence-corrected chi connectivity index (χ0v) is 14.1. The normalized spacial score (nSPS) is 17.5. The van der Waals surface area contributed by atoms with Crippen LogP contribution in [0.5, 0.6) is 0 Å². The third-order valence-corrected chi connectivity index (χ3v) is 4.37. The van der Waals surface area contributed by atoms with Crippen molar-refractivity contribution in [2.75, 3.05) is 16.8 Å². The average molecular weight is 383 g/mol. The highest BCUT2D eigenvalue weighted by Gasteiger charge is 2.36. The molecule has 2 aromatic rings. The lowest BCUT2D eigenvalue weighted by Gasteiger charge is -2.17. The fourth-order valence-electron chi connectivity index (χ4n) is 2.74. The molecule has 136 valence electrons. The number of anilines is 2. The van der Waals surface area contributed by atoms with Gasteiger partial charge in [-0.3, -0.25) is 9.59 Å². The van der Waals surface area contributed by atoms with Crippen LogP contribution < -0.4 is 10.2 Å². The molecule has 1 heterocycles. The molecule has 1 saturated heterocycles. The maximum absolute atomic E-state index is 12.6. The van der Waals surface area contributed by atoms with Crippen molar-refractivity contribution in [3.8, 4) is 0 Å². The Kier molecular flexibility index (Phi) is 4.91. The second kappa shape index (κ2) is 6.99. The predicted molar refractivity (Wildman–Crippen MR) is 92.0 cm³/mol. The van der Waals surface area contributed by atoms with E-state index in [1.807, 2.05) is 0 Å². The molecule has 0 bridgehead atoms. The molecule has 26 heavy (non-hydrogen) atoms. The topological polar surface area (TPSA) is 49.4 Å². The van der Waals surface area contributed by atoms with Gasteiger partial charge in [0.25, 0.3) is 0 Å². The lowest BCUT2D eigenvalue weighted by molar-refractivity contribution is -0.137. The van der Waals surface area contributed by atoms with E-state index >= 15 is 0 Å². The van der Waals surface area contributed by atoms with E-state index in [1.54, 1.807) is 24.3 Å². The van der Waals surface area contributed by atoms with Crippen molar-refractivity contribution in [1.29, 1.82) is 0 Å². The molecule has 8 heteroatoms. The lowest BCUT2D eigenvalue weighted by atomic mass is 10.1. The number of amides is 2. The summed E-state index contributed by atoms with van der Waals surface area (Å²) in [7, 11) is 0. The Bertz CT molecular complexity index is 820. The highest BCUT2D eigenvalue weighted by molar-refractivity contribution is 6.30. The van der Waals surface area contributed by atoms with Gasteiger partial charge in [0.2, 0.25) is 11.8 Å². The lowest BCUT2D eigenvalue weighted by Crippen LogP contribution is -2.28. The van der Waals surface area contributed by atoms with E-state index in [-0.39, 0.29) is 24.8 Å². The van der Waals surface area contributed by atoms with Gasteiger partial charge in [-0.15, -0.1) is 0 Å². The standard InChI is InChI=1S/C18H14ClF3N2O2/c19-13-3-5-14(6-4-13)23-17(26)11-9-16(25)24(10-11)15-7-1-12(2-8-15)18(20,21)22/h1-8,11H,9-10H2,(H,23,26). The summed E-state index contributed by atoms with van der Waals surface area (Å²) in [6.07, 6.45) is -4.44. The highest BCUT2D eigenvalue weighted by Crippen LogP contribution is 2.32. The smallest absolute Gasteiger partial charge is 0.326 e. The number of benzene rings is 2. The first-order chi connectivity index (χ1) is 12.2. The van der Waals surface area contributed by atoms with Crippen molar-refractivity contribution in [3.63, 3.8) is 0 Å². The Hall–Kier alpha value is -2.54. The van der Waals surface area contributed by atoms with Gasteiger partial charge in [0, 0.05) is 29.4 Å². The van der Waals surface area contributed by atoms with Gasteiger partial charge >= 0.3 is 6.18 Å². The van der Waals surface area contributed by atoms with E-state index in [0.717, 1.165) is 12.1 Å². The average Bonchev–Trinajstić information content (AvgIpc) is 2.98. The quantitative estimate of drug-likeness (QED) is 0.858. The molecular formula is C18H14ClF3N2O2. The molecule has 1 N–H and O–H groups in total. The predicted octanol–water partition coefficient (Wildman–Crippen LogP) is 4.35. The fourth-order valence-corrected chi connectivity index (χ4v) is 2.87. The van der Waals surface area contributed by atoms with Gasteiger partial charge in [0.05, 0.1) is 11.5 Å². The number of nitrogens with zero attached hydrogens (tertiary/aromatic N) is 1. The molecule has 0 spiro atoms. The molecule has 0 saturated carbocycles. The summed E-state index contributed by atoms with van der Waals surface area (Å²) in [4.78, 5) is 25.8. The Morgan fingerprint density at radius 3 is 2.27 bits per heavy atom. The van der Waals surface area contributed by atoms with Gasteiger partial charge < -0.3 is 10.2 Å². The first kappa shape index (κ1) is 18.3. The summed E-state index contributed by atoms with van der Waals surface area (Å²) in [5.74, 6) is -1.21. The summed E-state index contributed by atoms with van der Waals surface area (Å²) < 4.78 is 37.9. The van der Waals surface area contributed by atoms with E-state index < -0.39 is 17.7 Å². The minimum Gasteiger partial charge on any atom is -0.326 e. The highest BCUT2D eigenvalue weighted by atomic mass is 35.5. The number of carbonyl (C=O) groups is 2. The van der Waals surface area contributed by atoms with Crippen LogP contribution in [-0.2, 0) is 15.8 Å². The zero-order valence-electron chi connectivity index (χ0n) is 13.4. The van der Waals surface area contributed by atoms with Crippen LogP contribution in [0.4, 0.5) is 24.5 Å². The summed E-state index contributed by atoms with van der Waals surface area (Å²) in [6, 6.07) is 10.9. The van der Waals surface area contributed by atoms with E-state index in [1.165, 1.54) is 17.0 Å². The number of nitrogens with one attached hydrogen (secondary N) is 1. The number of carbonyl (C=O) groups excluding carboxylic acids is 2. The van der Waals surface area contributed by atoms with Gasteiger partial charge in [-0.1, -0.05) is 11.6 Å². The maximum atomic E-state index is 12.6. The number of alkyl halides is 3. The molecule has 1 fully saturated rings. The molecule has 4 nitrogen and oxygen atoms in total. The Labute approximate surface area is 152 Å². The van der Waals surface area contributed by atoms with Crippen LogP contribution in [0.2, 0.25) is 5.02 Å². The monoisotopic (exact) mass is 382 g/mol. The molecular weight excluding hydrogens is 369 g/mol. The van der Waals surface area contributed by atoms with Crippen molar-refractivity contribution in [2.45, 2.75) is 12.6 Å². The molecule has 2 aromatic carbocycles. The first-order valence-corrected chi connectivity index (χ1v) is 8.16. The van der Waals surface area contributed by atoms with E-state index in [2.05, 4.69) is 5.32 Å². The molecule has 1 aliphatic rings. The van der Waals surface area contributed by atoms with E-state index in [4.69, 9.17) is 11.6 Å². The number of rotatable bonds is 3. The van der Waals surface area contributed by atoms with Gasteiger partial charge in [0.15, 0.2) is 0 Å². The molecule has 3 rings (SSSR count). The summed E-state index contributed by atoms with van der Waals surface area (Å²) >= 11 is 5.79. The molecule has 1 unspecified atom stereocenters. The van der Waals surface area contributed by atoms with E-state index in [9.17, 15) is 22.8 Å². The van der Waals surface area contributed by atoms with Crippen molar-refractivity contribution < 1.29 is 22.8 Å². The van der Waals surface area contributed by atoms with Crippen LogP contribution in [0.25, 0.3) is 0 Å². The molecule has 0 aromatic heterocycles. The van der Waals surface area contributed by atoms with Crippen molar-refractivity contribution in [1.82, 2.24) is 0 Å². The van der Waals surface area contributed by atoms with Crippen molar-refractivity contribution in [2.24, 2.45) is 5.92 Å². The number of halogens is 4.